The number of benzene rings is 2. The summed E-state index contributed by atoms with van der Waals surface area (Å²) >= 11 is 3.52. The third kappa shape index (κ3) is 3.57. The zero-order valence-electron chi connectivity index (χ0n) is 19.7. The molecule has 2 aromatic heterocycles. The number of imide groups is 1. The highest BCUT2D eigenvalue weighted by atomic mass is 79.9. The molecule has 1 aliphatic heterocycles. The average Bonchev–Trinajstić information content (AvgIpc) is 3.46. The van der Waals surface area contributed by atoms with Crippen LogP contribution in [-0.4, -0.2) is 49.5 Å². The lowest BCUT2D eigenvalue weighted by Crippen LogP contribution is -2.48. The molecule has 1 saturated heterocycles. The number of fused-ring (bicyclic) bond motifs is 2. The number of aromatic nitrogens is 3. The monoisotopic (exact) mass is 560 g/mol. The summed E-state index contributed by atoms with van der Waals surface area (Å²) in [4.78, 5) is 56.9. The predicted molar refractivity (Wildman–Crippen MR) is 140 cm³/mol. The summed E-state index contributed by atoms with van der Waals surface area (Å²) in [7, 11) is 1.61. The molecule has 4 amide bonds. The summed E-state index contributed by atoms with van der Waals surface area (Å²) in [5.74, 6) is -0.232. The number of pyridine rings is 1. The van der Waals surface area contributed by atoms with Crippen LogP contribution in [0.3, 0.4) is 0 Å². The van der Waals surface area contributed by atoms with Crippen molar-refractivity contribution in [2.75, 3.05) is 12.4 Å². The largest absolute Gasteiger partial charge is 0.335 e. The Bertz CT molecular complexity index is 1680. The van der Waals surface area contributed by atoms with Crippen LogP contribution in [-0.2, 0) is 29.0 Å². The van der Waals surface area contributed by atoms with E-state index in [1.54, 1.807) is 37.5 Å². The zero-order valence-corrected chi connectivity index (χ0v) is 21.3. The highest BCUT2D eigenvalue weighted by Crippen LogP contribution is 2.40. The van der Waals surface area contributed by atoms with E-state index >= 15 is 0 Å². The van der Waals surface area contributed by atoms with Gasteiger partial charge in [0, 0.05) is 30.6 Å². The van der Waals surface area contributed by atoms with Gasteiger partial charge in [0.15, 0.2) is 0 Å². The minimum atomic E-state index is -0.956. The van der Waals surface area contributed by atoms with Crippen LogP contribution >= 0.6 is 15.9 Å². The van der Waals surface area contributed by atoms with Gasteiger partial charge in [0.05, 0.1) is 16.7 Å². The summed E-state index contributed by atoms with van der Waals surface area (Å²) in [6.45, 7) is -0.202. The first-order valence-corrected chi connectivity index (χ1v) is 12.4. The van der Waals surface area contributed by atoms with Gasteiger partial charge in [-0.15, -0.1) is 0 Å². The van der Waals surface area contributed by atoms with Crippen LogP contribution in [0.2, 0.25) is 0 Å². The van der Waals surface area contributed by atoms with Gasteiger partial charge < -0.3 is 10.2 Å². The van der Waals surface area contributed by atoms with Crippen molar-refractivity contribution in [3.05, 3.63) is 86.9 Å². The van der Waals surface area contributed by atoms with Crippen molar-refractivity contribution in [1.29, 1.82) is 0 Å². The van der Waals surface area contributed by atoms with Crippen molar-refractivity contribution in [2.45, 2.75) is 24.9 Å². The van der Waals surface area contributed by atoms with E-state index in [0.717, 1.165) is 11.1 Å². The summed E-state index contributed by atoms with van der Waals surface area (Å²) in [6.07, 6.45) is 2.36. The Hall–Kier alpha value is -4.25. The minimum Gasteiger partial charge on any atom is -0.323 e. The number of halogens is 1. The zero-order chi connectivity index (χ0) is 25.9. The molecule has 186 valence electrons. The molecule has 3 heterocycles. The summed E-state index contributed by atoms with van der Waals surface area (Å²) in [5, 5.41) is 5.27. The number of para-hydroxylation sites is 2. The summed E-state index contributed by atoms with van der Waals surface area (Å²) in [5.41, 5.74) is 2.26. The third-order valence-electron chi connectivity index (χ3n) is 7.13. The minimum absolute atomic E-state index is 0.202. The lowest BCUT2D eigenvalue weighted by Gasteiger charge is -2.27. The Morgan fingerprint density at radius 1 is 1.05 bits per heavy atom. The van der Waals surface area contributed by atoms with Gasteiger partial charge in [-0.05, 0) is 63.5 Å². The number of carbonyl (C=O) groups is 3. The summed E-state index contributed by atoms with van der Waals surface area (Å²) < 4.78 is 3.55. The maximum atomic E-state index is 13.4. The van der Waals surface area contributed by atoms with E-state index in [0.29, 0.717) is 39.9 Å². The number of likely N-dealkylation sites (N-methyl/N-ethyl adjacent to an activating group) is 1. The van der Waals surface area contributed by atoms with E-state index < -0.39 is 11.6 Å². The van der Waals surface area contributed by atoms with Crippen molar-refractivity contribution in [2.24, 2.45) is 0 Å². The standard InChI is InChI=1S/C26H21BrN6O4/c1-31-24(36)30-23(35)26(31)12-15-10-17(27)18(11-16(15)13-26)29-22(34)14-32-19-6-2-3-7-20(19)33(25(32)37)21-8-4-5-9-28-21/h2-11H,12-14H2,1H3,(H,29,34)(H,30,35,36). The van der Waals surface area contributed by atoms with Gasteiger partial charge >= 0.3 is 11.7 Å². The smallest absolute Gasteiger partial charge is 0.323 e. The van der Waals surface area contributed by atoms with Crippen molar-refractivity contribution in [3.63, 3.8) is 0 Å². The number of urea groups is 1. The van der Waals surface area contributed by atoms with Crippen LogP contribution in [0.4, 0.5) is 10.5 Å². The van der Waals surface area contributed by atoms with E-state index in [9.17, 15) is 19.2 Å². The molecule has 10 nitrogen and oxygen atoms in total. The number of imidazole rings is 1. The molecule has 2 N–H and O–H groups in total. The van der Waals surface area contributed by atoms with Crippen molar-refractivity contribution < 1.29 is 14.4 Å². The molecule has 37 heavy (non-hydrogen) atoms. The number of hydrogen-bond donors (Lipinski definition) is 2. The molecule has 6 rings (SSSR count). The number of carbonyl (C=O) groups excluding carboxylic acids is 3. The molecule has 4 aromatic rings. The number of amides is 4. The van der Waals surface area contributed by atoms with Gasteiger partial charge in [-0.1, -0.05) is 18.2 Å². The fourth-order valence-corrected chi connectivity index (χ4v) is 5.71. The van der Waals surface area contributed by atoms with Gasteiger partial charge in [-0.25, -0.2) is 19.1 Å². The molecular weight excluding hydrogens is 540 g/mol. The van der Waals surface area contributed by atoms with Gasteiger partial charge in [0.1, 0.15) is 17.9 Å². The summed E-state index contributed by atoms with van der Waals surface area (Å²) in [6, 6.07) is 15.8. The molecule has 2 aliphatic rings. The van der Waals surface area contributed by atoms with E-state index in [1.807, 2.05) is 30.3 Å². The van der Waals surface area contributed by atoms with E-state index in [4.69, 9.17) is 0 Å². The number of hydrogen-bond acceptors (Lipinski definition) is 5. The van der Waals surface area contributed by atoms with Gasteiger partial charge in [0.2, 0.25) is 5.91 Å². The lowest BCUT2D eigenvalue weighted by molar-refractivity contribution is -0.125. The first kappa shape index (κ1) is 23.2. The Morgan fingerprint density at radius 2 is 1.76 bits per heavy atom. The van der Waals surface area contributed by atoms with Crippen LogP contribution in [0.15, 0.2) is 70.1 Å². The van der Waals surface area contributed by atoms with Crippen LogP contribution in [0, 0.1) is 0 Å². The van der Waals surface area contributed by atoms with Crippen LogP contribution < -0.4 is 16.3 Å². The molecule has 11 heteroatoms. The van der Waals surface area contributed by atoms with Crippen LogP contribution in [0.1, 0.15) is 11.1 Å². The molecular formula is C26H21BrN6O4. The van der Waals surface area contributed by atoms with Crippen LogP contribution in [0.25, 0.3) is 16.9 Å². The quantitative estimate of drug-likeness (QED) is 0.372. The Balaban J connectivity index is 1.29. The first-order chi connectivity index (χ1) is 17.8. The average molecular weight is 561 g/mol. The second-order valence-electron chi connectivity index (χ2n) is 9.23. The maximum Gasteiger partial charge on any atom is 0.335 e. The van der Waals surface area contributed by atoms with Crippen LogP contribution in [0.5, 0.6) is 0 Å². The normalized spacial score (nSPS) is 18.5. The molecule has 0 radical (unpaired) electrons. The van der Waals surface area contributed by atoms with E-state index in [1.165, 1.54) is 14.0 Å². The molecule has 1 spiro atoms. The Morgan fingerprint density at radius 3 is 2.43 bits per heavy atom. The number of nitrogens with zero attached hydrogens (tertiary/aromatic N) is 4. The molecule has 2 aromatic carbocycles. The van der Waals surface area contributed by atoms with E-state index in [2.05, 4.69) is 31.5 Å². The maximum absolute atomic E-state index is 13.4. The third-order valence-corrected chi connectivity index (χ3v) is 7.79. The van der Waals surface area contributed by atoms with Gasteiger partial charge in [-0.2, -0.15) is 0 Å². The number of rotatable bonds is 4. The van der Waals surface area contributed by atoms with Gasteiger partial charge in [-0.3, -0.25) is 19.5 Å². The van der Waals surface area contributed by atoms with Crippen molar-refractivity contribution >= 4 is 50.5 Å². The van der Waals surface area contributed by atoms with E-state index in [-0.39, 0.29) is 24.0 Å². The Kier molecular flexibility index (Phi) is 5.27. The topological polar surface area (TPSA) is 118 Å². The second kappa shape index (κ2) is 8.41. The molecule has 1 unspecified atom stereocenters. The fourth-order valence-electron chi connectivity index (χ4n) is 5.22. The highest BCUT2D eigenvalue weighted by molar-refractivity contribution is 9.10. The SMILES string of the molecule is CN1C(=O)NC(=O)C12Cc1cc(Br)c(NC(=O)Cn3c(=O)n(-c4ccccn4)c4ccccc43)cc1C2. The second-order valence-corrected chi connectivity index (χ2v) is 10.1. The number of nitrogens with one attached hydrogen (secondary N) is 2. The molecule has 1 atom stereocenters. The molecule has 1 fully saturated rings. The fraction of sp³-hybridized carbons (Fsp3) is 0.192. The Labute approximate surface area is 219 Å². The van der Waals surface area contributed by atoms with Crippen molar-refractivity contribution in [3.8, 4) is 5.82 Å². The number of anilines is 1. The highest BCUT2D eigenvalue weighted by Gasteiger charge is 2.54. The molecule has 0 bridgehead atoms. The molecule has 1 aliphatic carbocycles. The predicted octanol–water partition coefficient (Wildman–Crippen LogP) is 2.61. The first-order valence-electron chi connectivity index (χ1n) is 11.6. The lowest BCUT2D eigenvalue weighted by atomic mass is 9.95. The molecule has 0 saturated carbocycles. The van der Waals surface area contributed by atoms with Crippen molar-refractivity contribution in [1.82, 2.24) is 24.3 Å². The van der Waals surface area contributed by atoms with Gasteiger partial charge in [0.25, 0.3) is 5.91 Å².